The van der Waals surface area contributed by atoms with Gasteiger partial charge in [-0.15, -0.1) is 0 Å². The minimum absolute atomic E-state index is 0.142. The molecule has 2 aromatic heterocycles. The van der Waals surface area contributed by atoms with Crippen molar-refractivity contribution in [2.24, 2.45) is 0 Å². The number of hydrogen-bond donors (Lipinski definition) is 2. The largest absolute Gasteiger partial charge is 0.495 e. The highest BCUT2D eigenvalue weighted by Gasteiger charge is 2.38. The quantitative estimate of drug-likeness (QED) is 0.152. The van der Waals surface area contributed by atoms with Crippen molar-refractivity contribution in [3.63, 3.8) is 0 Å². The molecule has 0 spiro atoms. The van der Waals surface area contributed by atoms with Gasteiger partial charge in [-0.25, -0.2) is 19.4 Å². The van der Waals surface area contributed by atoms with E-state index >= 15 is 4.39 Å². The number of alkyl halides is 3. The first-order chi connectivity index (χ1) is 23.0. The molecule has 0 aliphatic carbocycles. The Morgan fingerprint density at radius 3 is 2.65 bits per heavy atom. The Balaban J connectivity index is 1.30. The zero-order valence-electron chi connectivity index (χ0n) is 26.3. The SMILES string of the molecule is C=CC(=O)Nc1cc(Nc2cc(N3OCC[C@@H]3c3cccc(C(F)(F)F)c3F)ncn2)c(OC)cc1-c1cnn(C2CCN(C)CC2)c1. The van der Waals surface area contributed by atoms with Gasteiger partial charge in [0.05, 0.1) is 48.9 Å². The van der Waals surface area contributed by atoms with Crippen LogP contribution in [0.1, 0.15) is 42.5 Å². The average molecular weight is 667 g/mol. The number of methoxy groups -OCH3 is 1. The highest BCUT2D eigenvalue weighted by Crippen LogP contribution is 2.42. The van der Waals surface area contributed by atoms with E-state index in [2.05, 4.69) is 44.2 Å². The number of carbonyl (C=O) groups is 1. The number of hydrogen-bond acceptors (Lipinski definition) is 9. The number of piperidine rings is 1. The average Bonchev–Trinajstić information content (AvgIpc) is 3.76. The first-order valence-electron chi connectivity index (χ1n) is 15.3. The van der Waals surface area contributed by atoms with Crippen LogP contribution in [0, 0.1) is 5.82 Å². The number of nitrogens with one attached hydrogen (secondary N) is 2. The predicted molar refractivity (Wildman–Crippen MR) is 171 cm³/mol. The summed E-state index contributed by atoms with van der Waals surface area (Å²) in [4.78, 5) is 29.0. The summed E-state index contributed by atoms with van der Waals surface area (Å²) in [6.07, 6.45) is 3.46. The molecular formula is C33H34F4N8O3. The Bertz CT molecular complexity index is 1810. The van der Waals surface area contributed by atoms with E-state index in [1.54, 1.807) is 18.3 Å². The first-order valence-corrected chi connectivity index (χ1v) is 15.3. The maximum atomic E-state index is 15.1. The summed E-state index contributed by atoms with van der Waals surface area (Å²) in [5, 5.41) is 11.9. The number of amides is 1. The van der Waals surface area contributed by atoms with Crippen LogP contribution in [0.4, 0.5) is 40.6 Å². The van der Waals surface area contributed by atoms with Gasteiger partial charge in [-0.1, -0.05) is 18.7 Å². The van der Waals surface area contributed by atoms with Crippen LogP contribution in [0.5, 0.6) is 5.75 Å². The number of likely N-dealkylation sites (tertiary alicyclic amines) is 1. The molecule has 4 heterocycles. The zero-order chi connectivity index (χ0) is 34.0. The van der Waals surface area contributed by atoms with E-state index in [9.17, 15) is 18.0 Å². The number of hydroxylamine groups is 1. The monoisotopic (exact) mass is 666 g/mol. The summed E-state index contributed by atoms with van der Waals surface area (Å²) in [6, 6.07) is 7.57. The maximum absolute atomic E-state index is 15.1. The second-order valence-corrected chi connectivity index (χ2v) is 11.6. The van der Waals surface area contributed by atoms with Crippen LogP contribution in [0.2, 0.25) is 0 Å². The molecular weight excluding hydrogens is 632 g/mol. The lowest BCUT2D eigenvalue weighted by Crippen LogP contribution is -2.31. The van der Waals surface area contributed by atoms with Crippen LogP contribution >= 0.6 is 0 Å². The second kappa shape index (κ2) is 13.6. The number of anilines is 4. The fraction of sp³-hybridized carbons (Fsp3) is 0.333. The van der Waals surface area contributed by atoms with E-state index in [1.165, 1.54) is 42.8 Å². The molecule has 15 heteroatoms. The number of rotatable bonds is 9. The van der Waals surface area contributed by atoms with Crippen LogP contribution in [-0.4, -0.2) is 64.4 Å². The fourth-order valence-electron chi connectivity index (χ4n) is 5.99. The molecule has 2 N–H and O–H groups in total. The molecule has 48 heavy (non-hydrogen) atoms. The number of carbonyl (C=O) groups excluding carboxylic acids is 1. The number of nitrogens with zero attached hydrogens (tertiary/aromatic N) is 6. The predicted octanol–water partition coefficient (Wildman–Crippen LogP) is 6.52. The maximum Gasteiger partial charge on any atom is 0.419 e. The lowest BCUT2D eigenvalue weighted by molar-refractivity contribution is -0.140. The van der Waals surface area contributed by atoms with Crippen molar-refractivity contribution in [2.45, 2.75) is 37.5 Å². The van der Waals surface area contributed by atoms with E-state index in [0.29, 0.717) is 28.8 Å². The van der Waals surface area contributed by atoms with Crippen molar-refractivity contribution in [3.05, 3.63) is 84.7 Å². The molecule has 2 aliphatic rings. The van der Waals surface area contributed by atoms with Crippen molar-refractivity contribution in [2.75, 3.05) is 49.6 Å². The Hall–Kier alpha value is -5.02. The highest BCUT2D eigenvalue weighted by atomic mass is 19.4. The van der Waals surface area contributed by atoms with Crippen LogP contribution in [0.25, 0.3) is 11.1 Å². The molecule has 0 unspecified atom stereocenters. The van der Waals surface area contributed by atoms with Gasteiger partial charge in [-0.2, -0.15) is 18.3 Å². The van der Waals surface area contributed by atoms with Crippen molar-refractivity contribution in [1.29, 1.82) is 0 Å². The van der Waals surface area contributed by atoms with Crippen molar-refractivity contribution >= 4 is 28.9 Å². The van der Waals surface area contributed by atoms with Gasteiger partial charge in [-0.05, 0) is 57.3 Å². The van der Waals surface area contributed by atoms with Crippen LogP contribution in [0.15, 0.2) is 67.8 Å². The number of halogens is 4. The molecule has 2 saturated heterocycles. The third kappa shape index (κ3) is 6.82. The van der Waals surface area contributed by atoms with E-state index in [1.807, 2.05) is 10.9 Å². The van der Waals surface area contributed by atoms with Gasteiger partial charge in [0.15, 0.2) is 5.82 Å². The zero-order valence-corrected chi connectivity index (χ0v) is 26.3. The molecule has 0 radical (unpaired) electrons. The van der Waals surface area contributed by atoms with Crippen LogP contribution in [-0.2, 0) is 15.8 Å². The third-order valence-electron chi connectivity index (χ3n) is 8.50. The van der Waals surface area contributed by atoms with Gasteiger partial charge >= 0.3 is 6.18 Å². The molecule has 252 valence electrons. The van der Waals surface area contributed by atoms with Gasteiger partial charge in [-0.3, -0.25) is 14.3 Å². The summed E-state index contributed by atoms with van der Waals surface area (Å²) in [5.41, 5.74) is 0.850. The van der Waals surface area contributed by atoms with Gasteiger partial charge in [0.25, 0.3) is 0 Å². The second-order valence-electron chi connectivity index (χ2n) is 11.6. The molecule has 4 aromatic rings. The van der Waals surface area contributed by atoms with Gasteiger partial charge in [0, 0.05) is 35.4 Å². The molecule has 11 nitrogen and oxygen atoms in total. The van der Waals surface area contributed by atoms with Crippen molar-refractivity contribution in [1.82, 2.24) is 24.6 Å². The Labute approximate surface area is 274 Å². The minimum atomic E-state index is -4.85. The van der Waals surface area contributed by atoms with Gasteiger partial charge in [0.2, 0.25) is 5.91 Å². The molecule has 2 aromatic carbocycles. The molecule has 0 saturated carbocycles. The lowest BCUT2D eigenvalue weighted by atomic mass is 10.0. The number of aromatic nitrogens is 4. The molecule has 2 fully saturated rings. The molecule has 1 amide bonds. The standard InChI is InChI=1S/C33H34F4N8O3/c1-4-31(46)42-25-15-26(28(47-3)14-23(25)20-17-40-44(18-20)21-8-11-43(2)12-9-21)41-29-16-30(39-19-38-29)45-27(10-13-48-45)22-6-5-7-24(32(22)34)33(35,36)37/h4-7,14-19,21,27H,1,8-13H2,2-3H3,(H,42,46)(H,38,39,41)/t27-/m1/s1. The summed E-state index contributed by atoms with van der Waals surface area (Å²) >= 11 is 0. The Morgan fingerprint density at radius 2 is 1.92 bits per heavy atom. The fourth-order valence-corrected chi connectivity index (χ4v) is 5.99. The minimum Gasteiger partial charge on any atom is -0.495 e. The van der Waals surface area contributed by atoms with E-state index in [0.717, 1.165) is 31.5 Å². The number of ether oxygens (including phenoxy) is 1. The summed E-state index contributed by atoms with van der Waals surface area (Å²) < 4.78 is 63.0. The summed E-state index contributed by atoms with van der Waals surface area (Å²) in [5.74, 6) is -0.868. The summed E-state index contributed by atoms with van der Waals surface area (Å²) in [7, 11) is 3.61. The molecule has 0 bridgehead atoms. The molecule has 6 rings (SSSR count). The molecule has 2 aliphatic heterocycles. The Kier molecular flexibility index (Phi) is 9.33. The highest BCUT2D eigenvalue weighted by molar-refractivity contribution is 6.02. The first kappa shape index (κ1) is 32.9. The van der Waals surface area contributed by atoms with Gasteiger partial charge < -0.3 is 20.3 Å². The lowest BCUT2D eigenvalue weighted by Gasteiger charge is -2.29. The van der Waals surface area contributed by atoms with Gasteiger partial charge in [0.1, 0.15) is 23.7 Å². The van der Waals surface area contributed by atoms with Crippen LogP contribution in [0.3, 0.4) is 0 Å². The third-order valence-corrected chi connectivity index (χ3v) is 8.50. The smallest absolute Gasteiger partial charge is 0.419 e. The van der Waals surface area contributed by atoms with Crippen LogP contribution < -0.4 is 20.4 Å². The molecule has 1 atom stereocenters. The number of benzene rings is 2. The van der Waals surface area contributed by atoms with E-state index in [4.69, 9.17) is 9.57 Å². The van der Waals surface area contributed by atoms with Crippen molar-refractivity contribution in [3.8, 4) is 16.9 Å². The summed E-state index contributed by atoms with van der Waals surface area (Å²) in [6.45, 7) is 5.67. The van der Waals surface area contributed by atoms with E-state index in [-0.39, 0.29) is 36.3 Å². The van der Waals surface area contributed by atoms with E-state index < -0.39 is 29.5 Å². The topological polar surface area (TPSA) is 110 Å². The van der Waals surface area contributed by atoms with Crippen molar-refractivity contribution < 1.29 is 31.9 Å². The normalized spacial score (nSPS) is 17.4. The Morgan fingerprint density at radius 1 is 1.12 bits per heavy atom.